The number of piperidine rings is 1. The van der Waals surface area contributed by atoms with Crippen LogP contribution in [0.2, 0.25) is 0 Å². The van der Waals surface area contributed by atoms with E-state index in [9.17, 15) is 4.79 Å². The van der Waals surface area contributed by atoms with Gasteiger partial charge in [-0.2, -0.15) is 0 Å². The Labute approximate surface area is 128 Å². The Morgan fingerprint density at radius 3 is 3.14 bits per heavy atom. The number of amides is 1. The van der Waals surface area contributed by atoms with E-state index in [1.54, 1.807) is 23.5 Å². The first-order valence-electron chi connectivity index (χ1n) is 7.57. The highest BCUT2D eigenvalue weighted by Crippen LogP contribution is 2.25. The van der Waals surface area contributed by atoms with Crippen LogP contribution in [-0.4, -0.2) is 54.1 Å². The number of hydrogen-bond donors (Lipinski definition) is 0. The Hall–Kier alpha value is -2.38. The first kappa shape index (κ1) is 14.6. The number of hydrogen-bond acceptors (Lipinski definition) is 6. The second-order valence-electron chi connectivity index (χ2n) is 5.49. The summed E-state index contributed by atoms with van der Waals surface area (Å²) < 4.78 is 1.65. The van der Waals surface area contributed by atoms with Gasteiger partial charge < -0.3 is 4.90 Å². The van der Waals surface area contributed by atoms with Crippen molar-refractivity contribution in [3.05, 3.63) is 30.6 Å². The smallest absolute Gasteiger partial charge is 0.222 e. The highest BCUT2D eigenvalue weighted by Gasteiger charge is 2.25. The molecule has 3 rings (SSSR count). The molecule has 2 aromatic rings. The maximum atomic E-state index is 12.3. The summed E-state index contributed by atoms with van der Waals surface area (Å²) in [6.45, 7) is 2.26. The topological polar surface area (TPSA) is 89.7 Å². The van der Waals surface area contributed by atoms with Gasteiger partial charge in [-0.15, -0.1) is 5.10 Å². The average Bonchev–Trinajstić information content (AvgIpc) is 3.09. The van der Waals surface area contributed by atoms with E-state index in [2.05, 4.69) is 25.5 Å². The predicted molar refractivity (Wildman–Crippen MR) is 77.6 cm³/mol. The normalized spacial score (nSPS) is 18.4. The number of likely N-dealkylation sites (tertiary alicyclic amines) is 1. The van der Waals surface area contributed by atoms with Crippen molar-refractivity contribution in [1.29, 1.82) is 0 Å². The Morgan fingerprint density at radius 2 is 2.36 bits per heavy atom. The number of aromatic nitrogens is 6. The summed E-state index contributed by atoms with van der Waals surface area (Å²) in [5.41, 5.74) is 1.03. The van der Waals surface area contributed by atoms with E-state index in [1.165, 1.54) is 0 Å². The molecule has 0 N–H and O–H groups in total. The Morgan fingerprint density at radius 1 is 1.41 bits per heavy atom. The van der Waals surface area contributed by atoms with Crippen LogP contribution in [0.3, 0.4) is 0 Å². The lowest BCUT2D eigenvalue weighted by atomic mass is 9.94. The second kappa shape index (κ2) is 7.06. The highest BCUT2D eigenvalue weighted by atomic mass is 16.2. The molecule has 0 aliphatic carbocycles. The van der Waals surface area contributed by atoms with Gasteiger partial charge in [0.25, 0.3) is 0 Å². The van der Waals surface area contributed by atoms with Crippen LogP contribution in [0, 0.1) is 0 Å². The van der Waals surface area contributed by atoms with Crippen molar-refractivity contribution in [3.63, 3.8) is 0 Å². The quantitative estimate of drug-likeness (QED) is 0.805. The monoisotopic (exact) mass is 301 g/mol. The lowest BCUT2D eigenvalue weighted by molar-refractivity contribution is -0.132. The molecule has 0 bridgehead atoms. The van der Waals surface area contributed by atoms with Crippen LogP contribution in [0.25, 0.3) is 0 Å². The fraction of sp³-hybridized carbons (Fsp3) is 0.571. The molecular formula is C14H19N7O. The van der Waals surface area contributed by atoms with E-state index in [1.807, 2.05) is 11.0 Å². The Kier molecular flexibility index (Phi) is 4.67. The molecule has 22 heavy (non-hydrogen) atoms. The largest absolute Gasteiger partial charge is 0.342 e. The summed E-state index contributed by atoms with van der Waals surface area (Å²) in [6, 6.07) is 1.94. The fourth-order valence-electron chi connectivity index (χ4n) is 2.82. The fourth-order valence-corrected chi connectivity index (χ4v) is 2.82. The number of carbonyl (C=O) groups is 1. The number of rotatable bonds is 5. The molecule has 1 amide bonds. The molecule has 1 atom stereocenters. The van der Waals surface area contributed by atoms with Gasteiger partial charge in [-0.25, -0.2) is 14.6 Å². The van der Waals surface area contributed by atoms with E-state index in [-0.39, 0.29) is 5.91 Å². The molecule has 1 saturated heterocycles. The zero-order valence-electron chi connectivity index (χ0n) is 12.4. The van der Waals surface area contributed by atoms with Gasteiger partial charge in [0, 0.05) is 43.9 Å². The van der Waals surface area contributed by atoms with Crippen molar-refractivity contribution in [1.82, 2.24) is 35.1 Å². The van der Waals surface area contributed by atoms with Gasteiger partial charge >= 0.3 is 0 Å². The molecule has 1 aliphatic heterocycles. The summed E-state index contributed by atoms with van der Waals surface area (Å²) >= 11 is 0. The molecular weight excluding hydrogens is 282 g/mol. The van der Waals surface area contributed by atoms with Crippen LogP contribution < -0.4 is 0 Å². The third-order valence-corrected chi connectivity index (χ3v) is 3.97. The number of aryl methyl sites for hydroxylation is 1. The van der Waals surface area contributed by atoms with Crippen molar-refractivity contribution >= 4 is 5.91 Å². The zero-order valence-corrected chi connectivity index (χ0v) is 12.4. The summed E-state index contributed by atoms with van der Waals surface area (Å²) in [5.74, 6) is 0.520. The molecule has 116 valence electrons. The average molecular weight is 301 g/mol. The number of tetrazole rings is 1. The molecule has 1 aliphatic rings. The van der Waals surface area contributed by atoms with E-state index in [4.69, 9.17) is 0 Å². The van der Waals surface area contributed by atoms with Gasteiger partial charge in [0.1, 0.15) is 12.7 Å². The van der Waals surface area contributed by atoms with Crippen LogP contribution >= 0.6 is 0 Å². The minimum atomic E-state index is 0.201. The number of carbonyl (C=O) groups excluding carboxylic acids is 1. The molecule has 0 unspecified atom stereocenters. The lowest BCUT2D eigenvalue weighted by Crippen LogP contribution is -2.39. The van der Waals surface area contributed by atoms with E-state index >= 15 is 0 Å². The maximum absolute atomic E-state index is 12.3. The minimum Gasteiger partial charge on any atom is -0.342 e. The third kappa shape index (κ3) is 3.63. The van der Waals surface area contributed by atoms with Crippen LogP contribution in [-0.2, 0) is 11.3 Å². The van der Waals surface area contributed by atoms with Crippen LogP contribution in [0.1, 0.15) is 37.3 Å². The lowest BCUT2D eigenvalue weighted by Gasteiger charge is -2.32. The molecule has 0 spiro atoms. The summed E-state index contributed by atoms with van der Waals surface area (Å²) in [4.78, 5) is 22.6. The van der Waals surface area contributed by atoms with Crippen molar-refractivity contribution in [2.45, 2.75) is 38.1 Å². The molecule has 3 heterocycles. The maximum Gasteiger partial charge on any atom is 0.222 e. The molecule has 8 heteroatoms. The Bertz CT molecular complexity index is 587. The number of nitrogens with zero attached hydrogens (tertiary/aromatic N) is 7. The predicted octanol–water partition coefficient (Wildman–Crippen LogP) is 0.649. The van der Waals surface area contributed by atoms with Crippen molar-refractivity contribution in [2.75, 3.05) is 13.1 Å². The summed E-state index contributed by atoms with van der Waals surface area (Å²) in [6.07, 6.45) is 8.27. The molecule has 0 radical (unpaired) electrons. The van der Waals surface area contributed by atoms with Crippen LogP contribution in [0.4, 0.5) is 0 Å². The first-order valence-corrected chi connectivity index (χ1v) is 7.57. The van der Waals surface area contributed by atoms with Crippen molar-refractivity contribution < 1.29 is 4.79 Å². The summed E-state index contributed by atoms with van der Waals surface area (Å²) in [7, 11) is 0. The van der Waals surface area contributed by atoms with Crippen molar-refractivity contribution in [3.8, 4) is 0 Å². The SMILES string of the molecule is O=C(CCCn1cnnn1)N1CCC[C@H](c2ccncn2)C1. The molecule has 8 nitrogen and oxygen atoms in total. The molecule has 1 fully saturated rings. The Balaban J connectivity index is 1.49. The molecule has 0 aromatic carbocycles. The van der Waals surface area contributed by atoms with Gasteiger partial charge in [-0.1, -0.05) is 0 Å². The second-order valence-corrected chi connectivity index (χ2v) is 5.49. The van der Waals surface area contributed by atoms with E-state index < -0.39 is 0 Å². The zero-order chi connectivity index (χ0) is 15.2. The van der Waals surface area contributed by atoms with Crippen LogP contribution in [0.5, 0.6) is 0 Å². The first-order chi connectivity index (χ1) is 10.8. The minimum absolute atomic E-state index is 0.201. The summed E-state index contributed by atoms with van der Waals surface area (Å²) in [5, 5.41) is 11.0. The van der Waals surface area contributed by atoms with Gasteiger partial charge in [0.2, 0.25) is 5.91 Å². The van der Waals surface area contributed by atoms with Gasteiger partial charge in [-0.05, 0) is 35.8 Å². The third-order valence-electron chi connectivity index (χ3n) is 3.97. The van der Waals surface area contributed by atoms with Gasteiger partial charge in [0.05, 0.1) is 0 Å². The van der Waals surface area contributed by atoms with Crippen LogP contribution in [0.15, 0.2) is 24.9 Å². The van der Waals surface area contributed by atoms with Gasteiger partial charge in [-0.3, -0.25) is 4.79 Å². The van der Waals surface area contributed by atoms with E-state index in [0.29, 0.717) is 18.9 Å². The highest BCUT2D eigenvalue weighted by molar-refractivity contribution is 5.76. The van der Waals surface area contributed by atoms with Crippen molar-refractivity contribution in [2.24, 2.45) is 0 Å². The van der Waals surface area contributed by atoms with E-state index in [0.717, 1.165) is 38.0 Å². The standard InChI is InChI=1S/C14H19N7O/c22-14(4-2-8-21-11-17-18-19-21)20-7-1-3-12(9-20)13-5-6-15-10-16-13/h5-6,10-12H,1-4,7-9H2/t12-/m0/s1. The van der Waals surface area contributed by atoms with Gasteiger partial charge in [0.15, 0.2) is 0 Å². The molecule has 2 aromatic heterocycles. The molecule has 0 saturated carbocycles.